The summed E-state index contributed by atoms with van der Waals surface area (Å²) in [5, 5.41) is 12.0. The quantitative estimate of drug-likeness (QED) is 0.542. The number of aromatic nitrogens is 3. The van der Waals surface area contributed by atoms with Crippen LogP contribution in [0.5, 0.6) is 5.75 Å². The van der Waals surface area contributed by atoms with Crippen molar-refractivity contribution in [1.82, 2.24) is 20.1 Å². The van der Waals surface area contributed by atoms with Gasteiger partial charge in [0, 0.05) is 13.6 Å². The van der Waals surface area contributed by atoms with E-state index in [4.69, 9.17) is 4.74 Å². The molecule has 0 atom stereocenters. The van der Waals surface area contributed by atoms with Crippen LogP contribution in [0.4, 0.5) is 0 Å². The minimum absolute atomic E-state index is 0.0371. The van der Waals surface area contributed by atoms with Gasteiger partial charge in [0.1, 0.15) is 12.4 Å². The third-order valence-corrected chi connectivity index (χ3v) is 5.52. The lowest BCUT2D eigenvalue weighted by Gasteiger charge is -2.09. The Labute approximate surface area is 175 Å². The van der Waals surface area contributed by atoms with Gasteiger partial charge in [-0.1, -0.05) is 68.1 Å². The van der Waals surface area contributed by atoms with E-state index in [9.17, 15) is 4.79 Å². The van der Waals surface area contributed by atoms with Crippen molar-refractivity contribution in [2.45, 2.75) is 38.1 Å². The van der Waals surface area contributed by atoms with E-state index in [0.717, 1.165) is 11.3 Å². The number of hydrogen-bond donors (Lipinski definition) is 1. The van der Waals surface area contributed by atoms with Crippen LogP contribution in [0.1, 0.15) is 36.7 Å². The minimum atomic E-state index is -0.0371. The van der Waals surface area contributed by atoms with Crippen molar-refractivity contribution in [3.05, 3.63) is 71.5 Å². The van der Waals surface area contributed by atoms with Gasteiger partial charge in [0.05, 0.1) is 5.75 Å². The third kappa shape index (κ3) is 6.09. The van der Waals surface area contributed by atoms with E-state index in [1.54, 1.807) is 0 Å². The van der Waals surface area contributed by atoms with Crippen LogP contribution < -0.4 is 10.1 Å². The second-order valence-electron chi connectivity index (χ2n) is 7.02. The number of benzene rings is 2. The van der Waals surface area contributed by atoms with Gasteiger partial charge < -0.3 is 14.6 Å². The van der Waals surface area contributed by atoms with Crippen LogP contribution in [0.3, 0.4) is 0 Å². The van der Waals surface area contributed by atoms with E-state index in [0.29, 0.717) is 30.1 Å². The molecule has 3 rings (SSSR count). The largest absolute Gasteiger partial charge is 0.486 e. The molecule has 0 unspecified atom stereocenters. The van der Waals surface area contributed by atoms with E-state index in [2.05, 4.69) is 41.5 Å². The molecule has 0 saturated heterocycles. The van der Waals surface area contributed by atoms with Gasteiger partial charge in [-0.15, -0.1) is 10.2 Å². The van der Waals surface area contributed by atoms with E-state index in [-0.39, 0.29) is 11.7 Å². The summed E-state index contributed by atoms with van der Waals surface area (Å²) in [6.07, 6.45) is 0. The molecule has 1 aromatic heterocycles. The zero-order chi connectivity index (χ0) is 20.6. The van der Waals surface area contributed by atoms with E-state index >= 15 is 0 Å². The molecule has 1 amide bonds. The number of hydrogen-bond acceptors (Lipinski definition) is 5. The van der Waals surface area contributed by atoms with Gasteiger partial charge >= 0.3 is 0 Å². The predicted octanol–water partition coefficient (Wildman–Crippen LogP) is 3.93. The maximum atomic E-state index is 12.1. The number of ether oxygens (including phenoxy) is 1. The summed E-state index contributed by atoms with van der Waals surface area (Å²) in [5.74, 6) is 2.25. The monoisotopic (exact) mass is 410 g/mol. The number of amides is 1. The second-order valence-corrected chi connectivity index (χ2v) is 7.96. The molecule has 0 aliphatic carbocycles. The first-order chi connectivity index (χ1) is 14.0. The third-order valence-electron chi connectivity index (χ3n) is 4.50. The number of nitrogens with one attached hydrogen (secondary N) is 1. The number of nitrogens with zero attached hydrogens (tertiary/aromatic N) is 3. The zero-order valence-electron chi connectivity index (χ0n) is 17.0. The lowest BCUT2D eigenvalue weighted by Crippen LogP contribution is -2.24. The van der Waals surface area contributed by atoms with Crippen LogP contribution in [-0.2, 0) is 25.0 Å². The Kier molecular flexibility index (Phi) is 7.30. The Morgan fingerprint density at radius 3 is 2.52 bits per heavy atom. The van der Waals surface area contributed by atoms with Gasteiger partial charge in [-0.2, -0.15) is 0 Å². The summed E-state index contributed by atoms with van der Waals surface area (Å²) in [7, 11) is 1.88. The van der Waals surface area contributed by atoms with Crippen molar-refractivity contribution in [3.63, 3.8) is 0 Å². The first-order valence-electron chi connectivity index (χ1n) is 9.57. The lowest BCUT2D eigenvalue weighted by atomic mass is 10.0. The lowest BCUT2D eigenvalue weighted by molar-refractivity contribution is -0.118. The maximum Gasteiger partial charge on any atom is 0.230 e. The molecule has 6 nitrogen and oxygen atoms in total. The van der Waals surface area contributed by atoms with E-state index in [1.165, 1.54) is 17.3 Å². The molecule has 0 radical (unpaired) electrons. The number of carbonyl (C=O) groups excluding carboxylic acids is 1. The molecule has 0 spiro atoms. The molecule has 0 fully saturated rings. The minimum Gasteiger partial charge on any atom is -0.486 e. The van der Waals surface area contributed by atoms with Crippen LogP contribution in [0.15, 0.2) is 59.8 Å². The molecule has 2 aromatic carbocycles. The fourth-order valence-corrected chi connectivity index (χ4v) is 3.43. The number of thioether (sulfide) groups is 1. The molecule has 1 N–H and O–H groups in total. The standard InChI is InChI=1S/C22H26N4O2S/c1-16(2)18-9-11-19(12-10-18)28-14-20-24-25-22(26(20)3)29-15-21(27)23-13-17-7-5-4-6-8-17/h4-12,16H,13-15H2,1-3H3,(H,23,27). The molecule has 1 heterocycles. The van der Waals surface area contributed by atoms with Crippen molar-refractivity contribution >= 4 is 17.7 Å². The van der Waals surface area contributed by atoms with Crippen LogP contribution in [-0.4, -0.2) is 26.4 Å². The Hall–Kier alpha value is -2.80. The Bertz CT molecular complexity index is 924. The van der Waals surface area contributed by atoms with Crippen molar-refractivity contribution in [2.24, 2.45) is 7.05 Å². The van der Waals surface area contributed by atoms with Gasteiger partial charge in [-0.05, 0) is 29.2 Å². The van der Waals surface area contributed by atoms with Gasteiger partial charge in [0.25, 0.3) is 0 Å². The first kappa shape index (κ1) is 20.9. The average molecular weight is 411 g/mol. The Balaban J connectivity index is 1.46. The molecule has 29 heavy (non-hydrogen) atoms. The SMILES string of the molecule is CC(C)c1ccc(OCc2nnc(SCC(=O)NCc3ccccc3)n2C)cc1. The summed E-state index contributed by atoms with van der Waals surface area (Å²) < 4.78 is 7.68. The molecule has 0 bridgehead atoms. The highest BCUT2D eigenvalue weighted by Gasteiger charge is 2.12. The number of carbonyl (C=O) groups is 1. The first-order valence-corrected chi connectivity index (χ1v) is 10.6. The van der Waals surface area contributed by atoms with Gasteiger partial charge in [-0.3, -0.25) is 4.79 Å². The van der Waals surface area contributed by atoms with Gasteiger partial charge in [0.2, 0.25) is 5.91 Å². The van der Waals surface area contributed by atoms with Crippen LogP contribution in [0, 0.1) is 0 Å². The number of rotatable bonds is 9. The summed E-state index contributed by atoms with van der Waals surface area (Å²) in [6.45, 7) is 5.17. The fourth-order valence-electron chi connectivity index (χ4n) is 2.67. The molecular weight excluding hydrogens is 384 g/mol. The van der Waals surface area contributed by atoms with Crippen molar-refractivity contribution < 1.29 is 9.53 Å². The van der Waals surface area contributed by atoms with Gasteiger partial charge in [0.15, 0.2) is 11.0 Å². The van der Waals surface area contributed by atoms with Crippen molar-refractivity contribution in [1.29, 1.82) is 0 Å². The Morgan fingerprint density at radius 2 is 1.83 bits per heavy atom. The topological polar surface area (TPSA) is 69.0 Å². The molecule has 0 saturated carbocycles. The highest BCUT2D eigenvalue weighted by molar-refractivity contribution is 7.99. The smallest absolute Gasteiger partial charge is 0.230 e. The van der Waals surface area contributed by atoms with Crippen LogP contribution in [0.25, 0.3) is 0 Å². The van der Waals surface area contributed by atoms with E-state index in [1.807, 2.05) is 54.1 Å². The molecule has 3 aromatic rings. The maximum absolute atomic E-state index is 12.1. The summed E-state index contributed by atoms with van der Waals surface area (Å²) in [6, 6.07) is 17.9. The van der Waals surface area contributed by atoms with Gasteiger partial charge in [-0.25, -0.2) is 0 Å². The molecule has 7 heteroatoms. The highest BCUT2D eigenvalue weighted by Crippen LogP contribution is 2.20. The van der Waals surface area contributed by atoms with Crippen molar-refractivity contribution in [3.8, 4) is 5.75 Å². The zero-order valence-corrected chi connectivity index (χ0v) is 17.8. The molecule has 0 aliphatic heterocycles. The van der Waals surface area contributed by atoms with Crippen LogP contribution in [0.2, 0.25) is 0 Å². The van der Waals surface area contributed by atoms with Crippen molar-refractivity contribution in [2.75, 3.05) is 5.75 Å². The second kappa shape index (κ2) is 10.1. The predicted molar refractivity (Wildman–Crippen MR) is 115 cm³/mol. The Morgan fingerprint density at radius 1 is 1.10 bits per heavy atom. The summed E-state index contributed by atoms with van der Waals surface area (Å²) in [4.78, 5) is 12.1. The van der Waals surface area contributed by atoms with E-state index < -0.39 is 0 Å². The average Bonchev–Trinajstić information content (AvgIpc) is 3.09. The summed E-state index contributed by atoms with van der Waals surface area (Å²) >= 11 is 1.36. The molecule has 0 aliphatic rings. The fraction of sp³-hybridized carbons (Fsp3) is 0.318. The normalized spacial score (nSPS) is 10.9. The highest BCUT2D eigenvalue weighted by atomic mass is 32.2. The summed E-state index contributed by atoms with van der Waals surface area (Å²) in [5.41, 5.74) is 2.35. The van der Waals surface area contributed by atoms with Crippen LogP contribution >= 0.6 is 11.8 Å². The molecule has 152 valence electrons. The molecular formula is C22H26N4O2S.